The molecule has 4 nitrogen and oxygen atoms in total. The lowest BCUT2D eigenvalue weighted by Crippen LogP contribution is -2.07. The Morgan fingerprint density at radius 2 is 1.81 bits per heavy atom. The lowest BCUT2D eigenvalue weighted by Gasteiger charge is -2.08. The third-order valence-corrected chi connectivity index (χ3v) is 2.63. The smallest absolute Gasteiger partial charge is 0.341 e. The first kappa shape index (κ1) is 14.9. The number of anilines is 1. The molecule has 0 atom stereocenters. The van der Waals surface area contributed by atoms with Crippen molar-refractivity contribution in [3.8, 4) is 0 Å². The van der Waals surface area contributed by atoms with E-state index in [-0.39, 0.29) is 23.9 Å². The molecule has 0 amide bonds. The molecular formula is C13H9F4NO3. The first-order valence-electron chi connectivity index (χ1n) is 5.66. The van der Waals surface area contributed by atoms with Crippen molar-refractivity contribution in [2.24, 2.45) is 0 Å². The maximum absolute atomic E-state index is 13.4. The van der Waals surface area contributed by atoms with Crippen molar-refractivity contribution in [3.05, 3.63) is 53.0 Å². The number of esters is 1. The number of halogens is 4. The fraction of sp³-hybridized carbons (Fsp3) is 0.154. The highest BCUT2D eigenvalue weighted by atomic mass is 19.2. The predicted molar refractivity (Wildman–Crippen MR) is 63.6 cm³/mol. The van der Waals surface area contributed by atoms with Crippen LogP contribution in [0.2, 0.25) is 0 Å². The van der Waals surface area contributed by atoms with Gasteiger partial charge in [0.25, 0.3) is 0 Å². The van der Waals surface area contributed by atoms with E-state index in [2.05, 4.69) is 10.1 Å². The SMILES string of the molecule is COC(=O)c1coc(CNc2c(F)c(F)cc(F)c2F)c1. The number of methoxy groups -OCH3 is 1. The zero-order valence-corrected chi connectivity index (χ0v) is 10.7. The number of benzene rings is 1. The van der Waals surface area contributed by atoms with Crippen LogP contribution in [0.25, 0.3) is 0 Å². The minimum absolute atomic E-state index is 0.0978. The molecule has 0 aliphatic carbocycles. The monoisotopic (exact) mass is 303 g/mol. The Morgan fingerprint density at radius 3 is 2.38 bits per heavy atom. The van der Waals surface area contributed by atoms with Crippen LogP contribution in [0.3, 0.4) is 0 Å². The summed E-state index contributed by atoms with van der Waals surface area (Å²) in [5, 5.41) is 2.17. The molecule has 0 saturated carbocycles. The molecule has 0 saturated heterocycles. The Labute approximate surface area is 116 Å². The Morgan fingerprint density at radius 1 is 1.19 bits per heavy atom. The highest BCUT2D eigenvalue weighted by Gasteiger charge is 2.19. The number of hydrogen-bond acceptors (Lipinski definition) is 4. The minimum Gasteiger partial charge on any atom is -0.467 e. The molecular weight excluding hydrogens is 294 g/mol. The minimum atomic E-state index is -1.55. The fourth-order valence-electron chi connectivity index (χ4n) is 1.60. The Bertz CT molecular complexity index is 658. The van der Waals surface area contributed by atoms with Crippen LogP contribution in [0.15, 0.2) is 22.8 Å². The normalized spacial score (nSPS) is 10.5. The summed E-state index contributed by atoms with van der Waals surface area (Å²) in [7, 11) is 1.17. The summed E-state index contributed by atoms with van der Waals surface area (Å²) in [4.78, 5) is 11.2. The zero-order valence-electron chi connectivity index (χ0n) is 10.7. The molecule has 0 aliphatic rings. The van der Waals surface area contributed by atoms with Gasteiger partial charge >= 0.3 is 5.97 Å². The average Bonchev–Trinajstić information content (AvgIpc) is 2.93. The van der Waals surface area contributed by atoms with Crippen molar-refractivity contribution >= 4 is 11.7 Å². The lowest BCUT2D eigenvalue weighted by molar-refractivity contribution is 0.0600. The topological polar surface area (TPSA) is 51.5 Å². The zero-order chi connectivity index (χ0) is 15.6. The molecule has 2 aromatic rings. The van der Waals surface area contributed by atoms with Crippen LogP contribution >= 0.6 is 0 Å². The summed E-state index contributed by atoms with van der Waals surface area (Å²) in [6.45, 7) is -0.284. The van der Waals surface area contributed by atoms with Gasteiger partial charge in [0.05, 0.1) is 19.2 Å². The molecule has 112 valence electrons. The summed E-state index contributed by atoms with van der Waals surface area (Å²) in [5.74, 6) is -6.67. The molecule has 0 aliphatic heterocycles. The van der Waals surface area contributed by atoms with Gasteiger partial charge in [-0.2, -0.15) is 0 Å². The molecule has 0 bridgehead atoms. The van der Waals surface area contributed by atoms with E-state index in [9.17, 15) is 22.4 Å². The summed E-state index contributed by atoms with van der Waals surface area (Å²) < 4.78 is 62.2. The molecule has 0 unspecified atom stereocenters. The largest absolute Gasteiger partial charge is 0.467 e. The molecule has 21 heavy (non-hydrogen) atoms. The third kappa shape index (κ3) is 2.99. The van der Waals surface area contributed by atoms with Gasteiger partial charge in [0.15, 0.2) is 23.3 Å². The number of carbonyl (C=O) groups excluding carboxylic acids is 1. The quantitative estimate of drug-likeness (QED) is 0.535. The predicted octanol–water partition coefficient (Wildman–Crippen LogP) is 3.23. The van der Waals surface area contributed by atoms with Crippen LogP contribution in [-0.2, 0) is 11.3 Å². The second-order valence-corrected chi connectivity index (χ2v) is 3.99. The number of ether oxygens (including phenoxy) is 1. The third-order valence-electron chi connectivity index (χ3n) is 2.63. The molecule has 0 fully saturated rings. The van der Waals surface area contributed by atoms with Crippen molar-refractivity contribution in [2.75, 3.05) is 12.4 Å². The van der Waals surface area contributed by atoms with E-state index in [4.69, 9.17) is 4.42 Å². The van der Waals surface area contributed by atoms with E-state index < -0.39 is 34.9 Å². The summed E-state index contributed by atoms with van der Waals surface area (Å²) in [5.41, 5.74) is -0.857. The number of carbonyl (C=O) groups is 1. The van der Waals surface area contributed by atoms with Crippen LogP contribution < -0.4 is 5.32 Å². The van der Waals surface area contributed by atoms with Gasteiger partial charge in [0.1, 0.15) is 17.7 Å². The molecule has 0 spiro atoms. The average molecular weight is 303 g/mol. The Hall–Kier alpha value is -2.51. The first-order chi connectivity index (χ1) is 9.93. The summed E-state index contributed by atoms with van der Waals surface area (Å²) in [6.07, 6.45) is 1.09. The second-order valence-electron chi connectivity index (χ2n) is 3.99. The molecule has 1 aromatic carbocycles. The van der Waals surface area contributed by atoms with Crippen molar-refractivity contribution in [2.45, 2.75) is 6.54 Å². The van der Waals surface area contributed by atoms with Gasteiger partial charge in [-0.15, -0.1) is 0 Å². The van der Waals surface area contributed by atoms with Gasteiger partial charge in [0.2, 0.25) is 0 Å². The van der Waals surface area contributed by atoms with Gasteiger partial charge in [-0.25, -0.2) is 22.4 Å². The second kappa shape index (κ2) is 5.86. The van der Waals surface area contributed by atoms with Crippen LogP contribution in [0.5, 0.6) is 0 Å². The Kier molecular flexibility index (Phi) is 4.15. The molecule has 0 radical (unpaired) electrons. The summed E-state index contributed by atoms with van der Waals surface area (Å²) >= 11 is 0. The Balaban J connectivity index is 2.17. The van der Waals surface area contributed by atoms with Gasteiger partial charge < -0.3 is 14.5 Å². The van der Waals surface area contributed by atoms with Crippen LogP contribution in [0.4, 0.5) is 23.2 Å². The maximum Gasteiger partial charge on any atom is 0.341 e. The van der Waals surface area contributed by atoms with Gasteiger partial charge in [-0.1, -0.05) is 0 Å². The van der Waals surface area contributed by atoms with Gasteiger partial charge in [-0.05, 0) is 6.07 Å². The van der Waals surface area contributed by atoms with E-state index >= 15 is 0 Å². The number of hydrogen-bond donors (Lipinski definition) is 1. The number of furan rings is 1. The van der Waals surface area contributed by atoms with E-state index in [1.807, 2.05) is 0 Å². The van der Waals surface area contributed by atoms with E-state index in [1.165, 1.54) is 13.2 Å². The molecule has 8 heteroatoms. The molecule has 2 rings (SSSR count). The highest BCUT2D eigenvalue weighted by Crippen LogP contribution is 2.24. The summed E-state index contributed by atoms with van der Waals surface area (Å²) in [6, 6.07) is 1.38. The molecule has 1 aromatic heterocycles. The first-order valence-corrected chi connectivity index (χ1v) is 5.66. The van der Waals surface area contributed by atoms with Crippen LogP contribution in [0, 0.1) is 23.3 Å². The standard InChI is InChI=1S/C13H9F4NO3/c1-20-13(19)6-2-7(21-5-6)4-18-12-10(16)8(14)3-9(15)11(12)17/h2-3,5,18H,4H2,1H3. The van der Waals surface area contributed by atoms with E-state index in [0.29, 0.717) is 0 Å². The van der Waals surface area contributed by atoms with E-state index in [1.54, 1.807) is 0 Å². The van der Waals surface area contributed by atoms with Gasteiger partial charge in [0, 0.05) is 6.07 Å². The van der Waals surface area contributed by atoms with Crippen molar-refractivity contribution in [1.82, 2.24) is 0 Å². The van der Waals surface area contributed by atoms with Crippen LogP contribution in [-0.4, -0.2) is 13.1 Å². The fourth-order valence-corrected chi connectivity index (χ4v) is 1.60. The van der Waals surface area contributed by atoms with Gasteiger partial charge in [-0.3, -0.25) is 0 Å². The molecule has 1 N–H and O–H groups in total. The van der Waals surface area contributed by atoms with Crippen molar-refractivity contribution in [1.29, 1.82) is 0 Å². The van der Waals surface area contributed by atoms with Crippen LogP contribution in [0.1, 0.15) is 16.1 Å². The molecule has 1 heterocycles. The van der Waals surface area contributed by atoms with E-state index in [0.717, 1.165) is 6.26 Å². The van der Waals surface area contributed by atoms with Crippen molar-refractivity contribution < 1.29 is 31.5 Å². The number of rotatable bonds is 4. The highest BCUT2D eigenvalue weighted by molar-refractivity contribution is 5.88. The lowest BCUT2D eigenvalue weighted by atomic mass is 10.2. The van der Waals surface area contributed by atoms with Crippen molar-refractivity contribution in [3.63, 3.8) is 0 Å². The maximum atomic E-state index is 13.4. The number of nitrogens with one attached hydrogen (secondary N) is 1.